The molecular weight excluding hydrogens is 244 g/mol. The molecule has 2 saturated heterocycles. The molecule has 0 radical (unpaired) electrons. The van der Waals surface area contributed by atoms with Crippen molar-refractivity contribution in [3.05, 3.63) is 0 Å². The van der Waals surface area contributed by atoms with Crippen molar-refractivity contribution in [1.82, 2.24) is 9.80 Å². The number of rotatable bonds is 2. The molecule has 0 N–H and O–H groups in total. The molecule has 0 spiro atoms. The van der Waals surface area contributed by atoms with Crippen molar-refractivity contribution < 1.29 is 0 Å². The molecule has 20 heavy (non-hydrogen) atoms. The Hall–Kier alpha value is -0.0800. The van der Waals surface area contributed by atoms with Crippen molar-refractivity contribution in [2.45, 2.75) is 66.3 Å². The van der Waals surface area contributed by atoms with E-state index in [0.717, 1.165) is 11.8 Å². The second-order valence-electron chi connectivity index (χ2n) is 9.24. The first-order chi connectivity index (χ1) is 9.16. The maximum absolute atomic E-state index is 2.76. The Labute approximate surface area is 126 Å². The van der Waals surface area contributed by atoms with Gasteiger partial charge in [-0.25, -0.2) is 0 Å². The average Bonchev–Trinajstić information content (AvgIpc) is 2.76. The third kappa shape index (κ3) is 4.21. The molecule has 2 unspecified atom stereocenters. The Morgan fingerprint density at radius 1 is 0.900 bits per heavy atom. The van der Waals surface area contributed by atoms with Gasteiger partial charge in [-0.15, -0.1) is 0 Å². The standard InChI is InChI=1S/C18H36N2/c1-17(2,3)16-8-7-10-19(14-16)12-15-9-11-20(13-15)18(4,5)6/h15-16H,7-14H2,1-6H3. The largest absolute Gasteiger partial charge is 0.303 e. The first-order valence-corrected chi connectivity index (χ1v) is 8.63. The number of hydrogen-bond acceptors (Lipinski definition) is 2. The van der Waals surface area contributed by atoms with Gasteiger partial charge in [0.2, 0.25) is 0 Å². The zero-order valence-electron chi connectivity index (χ0n) is 14.7. The number of likely N-dealkylation sites (tertiary alicyclic amines) is 2. The number of hydrogen-bond donors (Lipinski definition) is 0. The van der Waals surface area contributed by atoms with E-state index in [1.54, 1.807) is 0 Å². The van der Waals surface area contributed by atoms with Gasteiger partial charge in [0.25, 0.3) is 0 Å². The van der Waals surface area contributed by atoms with E-state index in [-0.39, 0.29) is 0 Å². The van der Waals surface area contributed by atoms with Crippen molar-refractivity contribution in [2.24, 2.45) is 17.3 Å². The van der Waals surface area contributed by atoms with E-state index in [9.17, 15) is 0 Å². The van der Waals surface area contributed by atoms with Gasteiger partial charge in [0.1, 0.15) is 0 Å². The van der Waals surface area contributed by atoms with E-state index in [2.05, 4.69) is 51.3 Å². The molecule has 0 saturated carbocycles. The Kier molecular flexibility index (Phi) is 4.86. The fourth-order valence-electron chi connectivity index (χ4n) is 3.88. The quantitative estimate of drug-likeness (QED) is 0.758. The lowest BCUT2D eigenvalue weighted by atomic mass is 9.76. The molecule has 2 heterocycles. The smallest absolute Gasteiger partial charge is 0.0125 e. The monoisotopic (exact) mass is 280 g/mol. The maximum Gasteiger partial charge on any atom is 0.0125 e. The molecule has 2 atom stereocenters. The van der Waals surface area contributed by atoms with Crippen molar-refractivity contribution in [3.63, 3.8) is 0 Å². The highest BCUT2D eigenvalue weighted by Gasteiger charge is 2.34. The molecule has 0 aromatic heterocycles. The molecule has 2 fully saturated rings. The molecule has 0 aromatic rings. The Morgan fingerprint density at radius 3 is 2.15 bits per heavy atom. The molecule has 2 nitrogen and oxygen atoms in total. The van der Waals surface area contributed by atoms with Gasteiger partial charge in [0, 0.05) is 25.2 Å². The fraction of sp³-hybridized carbons (Fsp3) is 1.00. The lowest BCUT2D eigenvalue weighted by molar-refractivity contribution is 0.0851. The van der Waals surface area contributed by atoms with Crippen molar-refractivity contribution >= 4 is 0 Å². The molecule has 2 aliphatic heterocycles. The van der Waals surface area contributed by atoms with Crippen LogP contribution >= 0.6 is 0 Å². The maximum atomic E-state index is 2.76. The van der Waals surface area contributed by atoms with Gasteiger partial charge in [-0.2, -0.15) is 0 Å². The molecular formula is C18H36N2. The van der Waals surface area contributed by atoms with E-state index in [1.165, 1.54) is 52.0 Å². The topological polar surface area (TPSA) is 6.48 Å². The molecule has 0 amide bonds. The first kappa shape index (κ1) is 16.3. The van der Waals surface area contributed by atoms with E-state index in [0.29, 0.717) is 11.0 Å². The van der Waals surface area contributed by atoms with Gasteiger partial charge >= 0.3 is 0 Å². The van der Waals surface area contributed by atoms with Crippen LogP contribution in [0.3, 0.4) is 0 Å². The Balaban J connectivity index is 1.82. The summed E-state index contributed by atoms with van der Waals surface area (Å²) >= 11 is 0. The molecule has 0 aliphatic carbocycles. The van der Waals surface area contributed by atoms with Gasteiger partial charge < -0.3 is 4.90 Å². The van der Waals surface area contributed by atoms with Crippen LogP contribution in [0.5, 0.6) is 0 Å². The third-order valence-electron chi connectivity index (χ3n) is 5.48. The second-order valence-corrected chi connectivity index (χ2v) is 9.24. The number of piperidine rings is 1. The molecule has 118 valence electrons. The van der Waals surface area contributed by atoms with E-state index in [1.807, 2.05) is 0 Å². The van der Waals surface area contributed by atoms with Crippen LogP contribution in [0.15, 0.2) is 0 Å². The van der Waals surface area contributed by atoms with Crippen LogP contribution in [0, 0.1) is 17.3 Å². The summed E-state index contributed by atoms with van der Waals surface area (Å²) in [5.41, 5.74) is 0.830. The third-order valence-corrected chi connectivity index (χ3v) is 5.48. The molecule has 2 aliphatic rings. The minimum Gasteiger partial charge on any atom is -0.303 e. The lowest BCUT2D eigenvalue weighted by Gasteiger charge is -2.40. The summed E-state index contributed by atoms with van der Waals surface area (Å²) in [5, 5.41) is 0. The highest BCUT2D eigenvalue weighted by Crippen LogP contribution is 2.34. The van der Waals surface area contributed by atoms with Crippen molar-refractivity contribution in [1.29, 1.82) is 0 Å². The fourth-order valence-corrected chi connectivity index (χ4v) is 3.88. The summed E-state index contributed by atoms with van der Waals surface area (Å²) in [7, 11) is 0. The van der Waals surface area contributed by atoms with Crippen LogP contribution in [0.25, 0.3) is 0 Å². The van der Waals surface area contributed by atoms with Crippen molar-refractivity contribution in [2.75, 3.05) is 32.7 Å². The minimum atomic E-state index is 0.352. The van der Waals surface area contributed by atoms with Gasteiger partial charge in [-0.3, -0.25) is 4.90 Å². The molecule has 2 heteroatoms. The van der Waals surface area contributed by atoms with E-state index < -0.39 is 0 Å². The predicted octanol–water partition coefficient (Wildman–Crippen LogP) is 3.86. The van der Waals surface area contributed by atoms with Crippen LogP contribution in [-0.2, 0) is 0 Å². The highest BCUT2D eigenvalue weighted by molar-refractivity contribution is 4.88. The second kappa shape index (κ2) is 5.96. The van der Waals surface area contributed by atoms with E-state index in [4.69, 9.17) is 0 Å². The average molecular weight is 281 g/mol. The van der Waals surface area contributed by atoms with Gasteiger partial charge in [-0.1, -0.05) is 20.8 Å². The van der Waals surface area contributed by atoms with Crippen LogP contribution in [0.4, 0.5) is 0 Å². The van der Waals surface area contributed by atoms with Gasteiger partial charge in [-0.05, 0) is 70.4 Å². The zero-order valence-corrected chi connectivity index (χ0v) is 14.7. The van der Waals surface area contributed by atoms with Crippen LogP contribution in [0.2, 0.25) is 0 Å². The normalized spacial score (nSPS) is 30.9. The molecule has 0 bridgehead atoms. The SMILES string of the molecule is CC(C)(C)C1CCCN(CC2CCN(C(C)(C)C)C2)C1. The highest BCUT2D eigenvalue weighted by atomic mass is 15.2. The minimum absolute atomic E-state index is 0.352. The van der Waals surface area contributed by atoms with Crippen molar-refractivity contribution in [3.8, 4) is 0 Å². The summed E-state index contributed by atoms with van der Waals surface area (Å²) in [6.45, 7) is 20.9. The molecule has 0 aromatic carbocycles. The predicted molar refractivity (Wildman–Crippen MR) is 88.1 cm³/mol. The Bertz CT molecular complexity index is 310. The van der Waals surface area contributed by atoms with Gasteiger partial charge in [0.05, 0.1) is 0 Å². The summed E-state index contributed by atoms with van der Waals surface area (Å²) in [4.78, 5) is 5.43. The lowest BCUT2D eigenvalue weighted by Crippen LogP contribution is -2.44. The van der Waals surface area contributed by atoms with Crippen LogP contribution in [-0.4, -0.2) is 48.1 Å². The number of nitrogens with zero attached hydrogens (tertiary/aromatic N) is 2. The zero-order chi connectivity index (χ0) is 15.0. The summed E-state index contributed by atoms with van der Waals surface area (Å²) < 4.78 is 0. The first-order valence-electron chi connectivity index (χ1n) is 8.63. The Morgan fingerprint density at radius 2 is 1.60 bits per heavy atom. The van der Waals surface area contributed by atoms with Crippen LogP contribution < -0.4 is 0 Å². The summed E-state index contributed by atoms with van der Waals surface area (Å²) in [6.07, 6.45) is 4.23. The summed E-state index contributed by atoms with van der Waals surface area (Å²) in [5.74, 6) is 1.78. The van der Waals surface area contributed by atoms with Gasteiger partial charge in [0.15, 0.2) is 0 Å². The van der Waals surface area contributed by atoms with Crippen LogP contribution in [0.1, 0.15) is 60.8 Å². The molecule has 2 rings (SSSR count). The summed E-state index contributed by atoms with van der Waals surface area (Å²) in [6, 6.07) is 0. The van der Waals surface area contributed by atoms with E-state index >= 15 is 0 Å².